The molecule has 2 aromatic rings. The number of anilines is 1. The Labute approximate surface area is 110 Å². The summed E-state index contributed by atoms with van der Waals surface area (Å²) in [5.74, 6) is 0.329. The Morgan fingerprint density at radius 1 is 1.26 bits per heavy atom. The van der Waals surface area contributed by atoms with Crippen molar-refractivity contribution in [3.8, 4) is 17.8 Å². The highest BCUT2D eigenvalue weighted by Crippen LogP contribution is 2.17. The van der Waals surface area contributed by atoms with Crippen LogP contribution >= 0.6 is 0 Å². The molecule has 0 radical (unpaired) electrons. The number of rotatable bonds is 3. The number of aromatic nitrogens is 2. The van der Waals surface area contributed by atoms with Crippen LogP contribution in [0.4, 0.5) is 5.82 Å². The van der Waals surface area contributed by atoms with Crippen LogP contribution in [0.5, 0.6) is 0 Å². The molecule has 0 aliphatic carbocycles. The van der Waals surface area contributed by atoms with Crippen molar-refractivity contribution in [2.75, 3.05) is 5.73 Å². The van der Waals surface area contributed by atoms with Gasteiger partial charge in [-0.05, 0) is 17.7 Å². The molecule has 1 aromatic carbocycles. The topological polar surface area (TPSA) is 91.4 Å². The summed E-state index contributed by atoms with van der Waals surface area (Å²) in [6.07, 6.45) is 5.50. The van der Waals surface area contributed by atoms with Gasteiger partial charge in [0.1, 0.15) is 17.5 Å². The van der Waals surface area contributed by atoms with E-state index in [4.69, 9.17) is 16.3 Å². The van der Waals surface area contributed by atoms with Gasteiger partial charge in [-0.2, -0.15) is 15.6 Å². The van der Waals surface area contributed by atoms with Crippen LogP contribution in [0, 0.1) is 22.7 Å². The summed E-state index contributed by atoms with van der Waals surface area (Å²) in [7, 11) is 0. The van der Waals surface area contributed by atoms with E-state index in [1.54, 1.807) is 6.08 Å². The van der Waals surface area contributed by atoms with Gasteiger partial charge in [-0.25, -0.2) is 4.68 Å². The van der Waals surface area contributed by atoms with Gasteiger partial charge in [-0.15, -0.1) is 0 Å². The van der Waals surface area contributed by atoms with Gasteiger partial charge in [0.25, 0.3) is 0 Å². The van der Waals surface area contributed by atoms with Crippen LogP contribution in [0.3, 0.4) is 0 Å². The molecule has 5 heteroatoms. The number of nitriles is 2. The predicted octanol–water partition coefficient (Wildman–Crippen LogP) is 2.25. The lowest BCUT2D eigenvalue weighted by molar-refractivity contribution is 0.891. The normalized spacial score (nSPS) is 10.2. The molecule has 1 heterocycles. The summed E-state index contributed by atoms with van der Waals surface area (Å²) in [6.45, 7) is 0. The first kappa shape index (κ1) is 12.4. The fraction of sp³-hybridized carbons (Fsp3) is 0.0714. The summed E-state index contributed by atoms with van der Waals surface area (Å²) in [4.78, 5) is 0. The van der Waals surface area contributed by atoms with E-state index in [0.29, 0.717) is 17.8 Å². The van der Waals surface area contributed by atoms with Crippen LogP contribution in [0.15, 0.2) is 36.5 Å². The molecule has 0 aliphatic heterocycles. The van der Waals surface area contributed by atoms with E-state index in [0.717, 1.165) is 11.3 Å². The minimum Gasteiger partial charge on any atom is -0.382 e. The highest BCUT2D eigenvalue weighted by atomic mass is 15.3. The van der Waals surface area contributed by atoms with Crippen LogP contribution in [0.2, 0.25) is 0 Å². The van der Waals surface area contributed by atoms with Crippen LogP contribution in [-0.2, 0) is 0 Å². The van der Waals surface area contributed by atoms with E-state index in [1.165, 1.54) is 10.9 Å². The Bertz CT molecular complexity index is 680. The first-order valence-corrected chi connectivity index (χ1v) is 5.64. The third kappa shape index (κ3) is 2.62. The van der Waals surface area contributed by atoms with Gasteiger partial charge in [0.15, 0.2) is 0 Å². The average Bonchev–Trinajstić information content (AvgIpc) is 2.81. The molecule has 2 N–H and O–H groups in total. The average molecular weight is 249 g/mol. The lowest BCUT2D eigenvalue weighted by Crippen LogP contribution is -2.02. The maximum atomic E-state index is 8.82. The molecule has 0 fully saturated rings. The Balaban J connectivity index is 2.26. The molecular formula is C14H11N5. The second-order valence-electron chi connectivity index (χ2n) is 3.82. The summed E-state index contributed by atoms with van der Waals surface area (Å²) >= 11 is 0. The molecular weight excluding hydrogens is 238 g/mol. The van der Waals surface area contributed by atoms with Gasteiger partial charge in [-0.1, -0.05) is 24.3 Å². The fourth-order valence-corrected chi connectivity index (χ4v) is 1.62. The number of nitrogen functional groups attached to an aromatic ring is 1. The summed E-state index contributed by atoms with van der Waals surface area (Å²) in [6, 6.07) is 11.5. The second-order valence-corrected chi connectivity index (χ2v) is 3.82. The van der Waals surface area contributed by atoms with Gasteiger partial charge in [0.05, 0.1) is 24.4 Å². The van der Waals surface area contributed by atoms with Gasteiger partial charge in [-0.3, -0.25) is 0 Å². The number of benzene rings is 1. The Kier molecular flexibility index (Phi) is 3.61. The highest BCUT2D eigenvalue weighted by molar-refractivity contribution is 5.55. The van der Waals surface area contributed by atoms with E-state index in [1.807, 2.05) is 42.5 Å². The Hall–Kier alpha value is -3.05. The Morgan fingerprint density at radius 2 is 2.00 bits per heavy atom. The molecule has 92 valence electrons. The minimum absolute atomic E-state index is 0.329. The van der Waals surface area contributed by atoms with Crippen molar-refractivity contribution in [1.82, 2.24) is 9.78 Å². The van der Waals surface area contributed by atoms with E-state index in [9.17, 15) is 0 Å². The van der Waals surface area contributed by atoms with Gasteiger partial charge in [0.2, 0.25) is 0 Å². The molecule has 2 rings (SSSR count). The third-order valence-electron chi connectivity index (χ3n) is 2.58. The minimum atomic E-state index is 0.329. The van der Waals surface area contributed by atoms with Crippen molar-refractivity contribution in [3.63, 3.8) is 0 Å². The molecule has 0 saturated carbocycles. The Morgan fingerprint density at radius 3 is 2.58 bits per heavy atom. The number of hydrogen-bond acceptors (Lipinski definition) is 4. The fourth-order valence-electron chi connectivity index (χ4n) is 1.62. The SMILES string of the molecule is N#CCC=Cc1ccc(-n2ncc(C#N)c2N)cc1. The number of allylic oxidation sites excluding steroid dienone is 1. The molecule has 0 spiro atoms. The number of nitrogens with two attached hydrogens (primary N) is 1. The quantitative estimate of drug-likeness (QED) is 0.903. The van der Waals surface area contributed by atoms with Crippen molar-refractivity contribution in [2.24, 2.45) is 0 Å². The molecule has 1 aromatic heterocycles. The van der Waals surface area contributed by atoms with E-state index in [-0.39, 0.29) is 0 Å². The maximum absolute atomic E-state index is 8.82. The van der Waals surface area contributed by atoms with E-state index < -0.39 is 0 Å². The molecule has 5 nitrogen and oxygen atoms in total. The maximum Gasteiger partial charge on any atom is 0.145 e. The van der Waals surface area contributed by atoms with Crippen LogP contribution in [-0.4, -0.2) is 9.78 Å². The number of nitrogens with zero attached hydrogens (tertiary/aromatic N) is 4. The van der Waals surface area contributed by atoms with Crippen LogP contribution < -0.4 is 5.73 Å². The molecule has 0 bridgehead atoms. The van der Waals surface area contributed by atoms with Crippen molar-refractivity contribution in [3.05, 3.63) is 47.7 Å². The van der Waals surface area contributed by atoms with Crippen LogP contribution in [0.25, 0.3) is 11.8 Å². The zero-order chi connectivity index (χ0) is 13.7. The van der Waals surface area contributed by atoms with Crippen LogP contribution in [0.1, 0.15) is 17.5 Å². The highest BCUT2D eigenvalue weighted by Gasteiger charge is 2.07. The zero-order valence-corrected chi connectivity index (χ0v) is 10.1. The van der Waals surface area contributed by atoms with E-state index >= 15 is 0 Å². The van der Waals surface area contributed by atoms with Crippen molar-refractivity contribution in [2.45, 2.75) is 6.42 Å². The standard InChI is InChI=1S/C14H11N5/c15-8-2-1-3-11-4-6-13(7-5-11)19-14(17)12(9-16)10-18-19/h1,3-7,10H,2,17H2. The second kappa shape index (κ2) is 5.52. The van der Waals surface area contributed by atoms with Gasteiger partial charge < -0.3 is 5.73 Å². The summed E-state index contributed by atoms with van der Waals surface area (Å²) < 4.78 is 1.52. The van der Waals surface area contributed by atoms with Gasteiger partial charge in [0, 0.05) is 0 Å². The lowest BCUT2D eigenvalue weighted by Gasteiger charge is -2.04. The summed E-state index contributed by atoms with van der Waals surface area (Å²) in [5.41, 5.74) is 7.95. The first-order chi connectivity index (χ1) is 9.26. The molecule has 0 amide bonds. The van der Waals surface area contributed by atoms with E-state index in [2.05, 4.69) is 5.10 Å². The number of hydrogen-bond donors (Lipinski definition) is 1. The molecule has 0 saturated heterocycles. The van der Waals surface area contributed by atoms with Crippen molar-refractivity contribution in [1.29, 1.82) is 10.5 Å². The van der Waals surface area contributed by atoms with Crippen molar-refractivity contribution < 1.29 is 0 Å². The molecule has 19 heavy (non-hydrogen) atoms. The lowest BCUT2D eigenvalue weighted by atomic mass is 10.2. The largest absolute Gasteiger partial charge is 0.382 e. The van der Waals surface area contributed by atoms with Gasteiger partial charge >= 0.3 is 0 Å². The zero-order valence-electron chi connectivity index (χ0n) is 10.1. The first-order valence-electron chi connectivity index (χ1n) is 5.64. The summed E-state index contributed by atoms with van der Waals surface area (Å²) in [5, 5.41) is 21.3. The van der Waals surface area contributed by atoms with Crippen molar-refractivity contribution >= 4 is 11.9 Å². The smallest absolute Gasteiger partial charge is 0.145 e. The predicted molar refractivity (Wildman–Crippen MR) is 72.0 cm³/mol. The molecule has 0 atom stereocenters. The molecule has 0 unspecified atom stereocenters. The molecule has 0 aliphatic rings. The monoisotopic (exact) mass is 249 g/mol. The third-order valence-corrected chi connectivity index (χ3v) is 2.58.